The fourth-order valence-electron chi connectivity index (χ4n) is 3.82. The molecule has 0 radical (unpaired) electrons. The highest BCUT2D eigenvalue weighted by molar-refractivity contribution is 7.92. The molecule has 2 aromatic heterocycles. The summed E-state index contributed by atoms with van der Waals surface area (Å²) in [5.74, 6) is -1.43. The van der Waals surface area contributed by atoms with Gasteiger partial charge in [-0.15, -0.1) is 0 Å². The number of rotatable bonds is 6. The lowest BCUT2D eigenvalue weighted by molar-refractivity contribution is -0.117. The van der Waals surface area contributed by atoms with Gasteiger partial charge in [-0.05, 0) is 65.8 Å². The number of nitrogens with zero attached hydrogens (tertiary/aromatic N) is 2. The van der Waals surface area contributed by atoms with Crippen molar-refractivity contribution in [3.63, 3.8) is 0 Å². The van der Waals surface area contributed by atoms with Crippen LogP contribution < -0.4 is 10.0 Å². The second-order valence-electron chi connectivity index (χ2n) is 7.89. The summed E-state index contributed by atoms with van der Waals surface area (Å²) in [6.45, 7) is 0. The molecule has 2 aromatic carbocycles. The summed E-state index contributed by atoms with van der Waals surface area (Å²) in [5.41, 5.74) is 1.27. The Balaban J connectivity index is 1.32. The molecule has 9 heteroatoms. The number of fused-ring (bicyclic) bond motifs is 1. The summed E-state index contributed by atoms with van der Waals surface area (Å²) < 4.78 is 42.1. The molecule has 0 spiro atoms. The van der Waals surface area contributed by atoms with E-state index in [1.807, 2.05) is 24.3 Å². The molecule has 2 atom stereocenters. The predicted molar refractivity (Wildman–Crippen MR) is 123 cm³/mol. The van der Waals surface area contributed by atoms with Crippen molar-refractivity contribution in [3.05, 3.63) is 90.6 Å². The smallest absolute Gasteiger partial charge is 0.265 e. The SMILES string of the molecule is O=C(Nc1ccc2cnccc2c1)[C@@H]1C[C@H]1c1ccc(F)c(S(=O)(=O)Nc2ccccn2)c1. The van der Waals surface area contributed by atoms with Crippen LogP contribution in [0.5, 0.6) is 0 Å². The second kappa shape index (κ2) is 8.25. The van der Waals surface area contributed by atoms with Crippen molar-refractivity contribution in [1.82, 2.24) is 9.97 Å². The number of halogens is 1. The molecule has 1 fully saturated rings. The standard InChI is InChI=1S/C24H19FN4O3S/c25-21-7-5-16(12-22(21)33(31,32)29-23-3-1-2-9-27-23)19-13-20(19)24(30)28-18-6-4-17-14-26-10-8-15(17)11-18/h1-12,14,19-20H,13H2,(H,27,29)(H,28,30)/t19-,20+/m0/s1. The number of hydrogen-bond donors (Lipinski definition) is 2. The molecule has 0 unspecified atom stereocenters. The number of hydrogen-bond acceptors (Lipinski definition) is 5. The molecule has 0 aliphatic heterocycles. The number of amides is 1. The third kappa shape index (κ3) is 4.40. The van der Waals surface area contributed by atoms with Crippen molar-refractivity contribution in [3.8, 4) is 0 Å². The minimum absolute atomic E-state index is 0.0946. The van der Waals surface area contributed by atoms with Crippen LogP contribution in [0, 0.1) is 11.7 Å². The van der Waals surface area contributed by atoms with Gasteiger partial charge < -0.3 is 5.32 Å². The van der Waals surface area contributed by atoms with Crippen molar-refractivity contribution in [2.24, 2.45) is 5.92 Å². The average Bonchev–Trinajstić information content (AvgIpc) is 3.61. The van der Waals surface area contributed by atoms with Crippen LogP contribution in [-0.2, 0) is 14.8 Å². The fraction of sp³-hybridized carbons (Fsp3) is 0.125. The number of nitrogens with one attached hydrogen (secondary N) is 2. The Labute approximate surface area is 189 Å². The monoisotopic (exact) mass is 462 g/mol. The molecule has 0 saturated heterocycles. The van der Waals surface area contributed by atoms with Crippen LogP contribution in [0.2, 0.25) is 0 Å². The Morgan fingerprint density at radius 2 is 1.88 bits per heavy atom. The van der Waals surface area contributed by atoms with Crippen LogP contribution in [0.4, 0.5) is 15.9 Å². The number of sulfonamides is 1. The number of carbonyl (C=O) groups excluding carboxylic acids is 1. The van der Waals surface area contributed by atoms with E-state index in [2.05, 4.69) is 20.0 Å². The van der Waals surface area contributed by atoms with Crippen molar-refractivity contribution >= 4 is 38.2 Å². The Morgan fingerprint density at radius 3 is 2.70 bits per heavy atom. The summed E-state index contributed by atoms with van der Waals surface area (Å²) in [6.07, 6.45) is 5.43. The molecule has 1 saturated carbocycles. The topological polar surface area (TPSA) is 101 Å². The van der Waals surface area contributed by atoms with E-state index < -0.39 is 20.7 Å². The van der Waals surface area contributed by atoms with E-state index in [-0.39, 0.29) is 23.6 Å². The van der Waals surface area contributed by atoms with E-state index in [1.165, 1.54) is 24.4 Å². The zero-order valence-electron chi connectivity index (χ0n) is 17.3. The van der Waals surface area contributed by atoms with E-state index in [1.54, 1.807) is 24.5 Å². The summed E-state index contributed by atoms with van der Waals surface area (Å²) >= 11 is 0. The van der Waals surface area contributed by atoms with E-state index >= 15 is 0 Å². The number of carbonyl (C=O) groups is 1. The van der Waals surface area contributed by atoms with Crippen molar-refractivity contribution in [1.29, 1.82) is 0 Å². The molecule has 166 valence electrons. The molecule has 1 aliphatic rings. The van der Waals surface area contributed by atoms with Crippen molar-refractivity contribution in [2.75, 3.05) is 10.0 Å². The Kier molecular flexibility index (Phi) is 5.26. The van der Waals surface area contributed by atoms with Crippen molar-refractivity contribution in [2.45, 2.75) is 17.2 Å². The summed E-state index contributed by atoms with van der Waals surface area (Å²) in [6, 6.07) is 16.1. The van der Waals surface area contributed by atoms with Gasteiger partial charge in [0.2, 0.25) is 5.91 Å². The van der Waals surface area contributed by atoms with Gasteiger partial charge in [-0.1, -0.05) is 18.2 Å². The lowest BCUT2D eigenvalue weighted by Crippen LogP contribution is -2.16. The molecule has 4 aromatic rings. The van der Waals surface area contributed by atoms with Crippen LogP contribution in [0.15, 0.2) is 84.1 Å². The molecule has 0 bridgehead atoms. The van der Waals surface area contributed by atoms with Crippen LogP contribution >= 0.6 is 0 Å². The molecule has 7 nitrogen and oxygen atoms in total. The minimum atomic E-state index is -4.17. The Hall–Kier alpha value is -3.85. The van der Waals surface area contributed by atoms with E-state index in [4.69, 9.17) is 0 Å². The average molecular weight is 463 g/mol. The highest BCUT2D eigenvalue weighted by Crippen LogP contribution is 2.48. The molecular formula is C24H19FN4O3S. The molecule has 33 heavy (non-hydrogen) atoms. The van der Waals surface area contributed by atoms with Crippen LogP contribution in [-0.4, -0.2) is 24.3 Å². The van der Waals surface area contributed by atoms with Gasteiger partial charge in [-0.25, -0.2) is 17.8 Å². The second-order valence-corrected chi connectivity index (χ2v) is 9.54. The first kappa shape index (κ1) is 21.0. The lowest BCUT2D eigenvalue weighted by Gasteiger charge is -2.10. The van der Waals surface area contributed by atoms with Gasteiger partial charge in [0.25, 0.3) is 10.0 Å². The number of benzene rings is 2. The highest BCUT2D eigenvalue weighted by Gasteiger charge is 2.44. The lowest BCUT2D eigenvalue weighted by atomic mass is 10.1. The van der Waals surface area contributed by atoms with E-state index in [0.29, 0.717) is 17.7 Å². The first-order chi connectivity index (χ1) is 15.9. The fourth-order valence-corrected chi connectivity index (χ4v) is 4.94. The first-order valence-electron chi connectivity index (χ1n) is 10.3. The molecule has 2 N–H and O–H groups in total. The summed E-state index contributed by atoms with van der Waals surface area (Å²) in [5, 5.41) is 4.85. The zero-order chi connectivity index (χ0) is 23.0. The predicted octanol–water partition coefficient (Wildman–Crippen LogP) is 4.31. The quantitative estimate of drug-likeness (QED) is 0.445. The van der Waals surface area contributed by atoms with Crippen LogP contribution in [0.1, 0.15) is 17.9 Å². The van der Waals surface area contributed by atoms with Crippen LogP contribution in [0.3, 0.4) is 0 Å². The largest absolute Gasteiger partial charge is 0.326 e. The highest BCUT2D eigenvalue weighted by atomic mass is 32.2. The minimum Gasteiger partial charge on any atom is -0.326 e. The molecule has 2 heterocycles. The van der Waals surface area contributed by atoms with E-state index in [0.717, 1.165) is 16.8 Å². The van der Waals surface area contributed by atoms with Gasteiger partial charge in [0.05, 0.1) is 0 Å². The number of pyridine rings is 2. The van der Waals surface area contributed by atoms with Crippen LogP contribution in [0.25, 0.3) is 10.8 Å². The van der Waals surface area contributed by atoms with Gasteiger partial charge in [0.1, 0.15) is 16.5 Å². The first-order valence-corrected chi connectivity index (χ1v) is 11.8. The maximum Gasteiger partial charge on any atom is 0.265 e. The Bertz CT molecular complexity index is 1460. The van der Waals surface area contributed by atoms with Gasteiger partial charge >= 0.3 is 0 Å². The molecule has 1 aliphatic carbocycles. The van der Waals surface area contributed by atoms with Gasteiger partial charge in [-0.3, -0.25) is 14.5 Å². The third-order valence-electron chi connectivity index (χ3n) is 5.61. The Morgan fingerprint density at radius 1 is 1.00 bits per heavy atom. The number of aromatic nitrogens is 2. The van der Waals surface area contributed by atoms with E-state index in [9.17, 15) is 17.6 Å². The maximum absolute atomic E-state index is 14.4. The van der Waals surface area contributed by atoms with Gasteiger partial charge in [0, 0.05) is 35.6 Å². The zero-order valence-corrected chi connectivity index (χ0v) is 18.1. The molecular weight excluding hydrogens is 443 g/mol. The maximum atomic E-state index is 14.4. The number of anilines is 2. The molecule has 1 amide bonds. The normalized spacial score (nSPS) is 17.5. The molecule has 5 rings (SSSR count). The summed E-state index contributed by atoms with van der Waals surface area (Å²) in [7, 11) is -4.17. The van der Waals surface area contributed by atoms with Crippen molar-refractivity contribution < 1.29 is 17.6 Å². The van der Waals surface area contributed by atoms with Gasteiger partial charge in [0.15, 0.2) is 0 Å². The van der Waals surface area contributed by atoms with Gasteiger partial charge in [-0.2, -0.15) is 0 Å². The summed E-state index contributed by atoms with van der Waals surface area (Å²) in [4.78, 5) is 20.3. The third-order valence-corrected chi connectivity index (χ3v) is 6.98.